The van der Waals surface area contributed by atoms with Crippen molar-refractivity contribution in [2.75, 3.05) is 6.61 Å². The summed E-state index contributed by atoms with van der Waals surface area (Å²) in [7, 11) is -1.81. The van der Waals surface area contributed by atoms with Crippen LogP contribution in [0.4, 0.5) is 0 Å². The molecule has 0 rings (SSSR count). The van der Waals surface area contributed by atoms with Crippen LogP contribution < -0.4 is 0 Å². The fraction of sp³-hybridized carbons (Fsp3) is 0.824. The average Bonchev–Trinajstić information content (AvgIpc) is 2.31. The zero-order valence-electron chi connectivity index (χ0n) is 14.7. The molecule has 0 amide bonds. The fourth-order valence-electron chi connectivity index (χ4n) is 3.38. The lowest BCUT2D eigenvalue weighted by molar-refractivity contribution is -0.118. The third-order valence-electron chi connectivity index (χ3n) is 4.34. The average molecular weight is 299 g/mol. The lowest BCUT2D eigenvalue weighted by Gasteiger charge is -2.42. The zero-order chi connectivity index (χ0) is 16.1. The molecule has 118 valence electrons. The Hall–Kier alpha value is -0.413. The van der Waals surface area contributed by atoms with E-state index in [1.807, 2.05) is 13.8 Å². The van der Waals surface area contributed by atoms with Crippen LogP contribution >= 0.6 is 0 Å². The second kappa shape index (κ2) is 8.13. The molecule has 0 spiro atoms. The number of Topliss-reactive ketones (excluding diaryl/α,β-unsaturated/α-hetero) is 1. The molecule has 0 aromatic heterocycles. The zero-order valence-corrected chi connectivity index (χ0v) is 15.7. The third-order valence-corrected chi connectivity index (χ3v) is 10.5. The van der Waals surface area contributed by atoms with Crippen LogP contribution in [0.5, 0.6) is 0 Å². The summed E-state index contributed by atoms with van der Waals surface area (Å²) in [6, 6.07) is 0. The first kappa shape index (κ1) is 19.6. The van der Waals surface area contributed by atoms with E-state index in [0.29, 0.717) is 35.2 Å². The quantitative estimate of drug-likeness (QED) is 0.423. The van der Waals surface area contributed by atoms with Gasteiger partial charge in [-0.2, -0.15) is 0 Å². The summed E-state index contributed by atoms with van der Waals surface area (Å²) < 4.78 is 6.44. The lowest BCUT2D eigenvalue weighted by Crippen LogP contribution is -2.48. The molecule has 0 atom stereocenters. The minimum Gasteiger partial charge on any atom is -0.416 e. The van der Waals surface area contributed by atoms with Crippen LogP contribution in [0.15, 0.2) is 12.2 Å². The van der Waals surface area contributed by atoms with Crippen molar-refractivity contribution < 1.29 is 9.22 Å². The minimum atomic E-state index is -1.81. The number of rotatable bonds is 9. The predicted octanol–water partition coefficient (Wildman–Crippen LogP) is 5.35. The first-order chi connectivity index (χ1) is 9.07. The Kier molecular flexibility index (Phi) is 7.96. The van der Waals surface area contributed by atoms with Crippen molar-refractivity contribution in [1.29, 1.82) is 0 Å². The van der Waals surface area contributed by atoms with Gasteiger partial charge in [0.15, 0.2) is 14.1 Å². The van der Waals surface area contributed by atoms with E-state index in [1.165, 1.54) is 0 Å². The van der Waals surface area contributed by atoms with Gasteiger partial charge in [0.1, 0.15) is 0 Å². The summed E-state index contributed by atoms with van der Waals surface area (Å²) in [5.41, 5.74) is 2.45. The molecule has 0 heterocycles. The molecule has 0 N–H and O–H groups in total. The summed E-state index contributed by atoms with van der Waals surface area (Å²) in [5.74, 6) is 0.198. The Labute approximate surface area is 127 Å². The molecule has 0 saturated heterocycles. The van der Waals surface area contributed by atoms with E-state index in [2.05, 4.69) is 48.1 Å². The molecular formula is C17H34O2Si. The molecule has 2 nitrogen and oxygen atoms in total. The second-order valence-corrected chi connectivity index (χ2v) is 12.5. The molecule has 0 bridgehead atoms. The molecule has 0 saturated carbocycles. The van der Waals surface area contributed by atoms with Crippen molar-refractivity contribution in [3.8, 4) is 0 Å². The Morgan fingerprint density at radius 1 is 0.950 bits per heavy atom. The molecule has 0 aromatic rings. The van der Waals surface area contributed by atoms with Crippen molar-refractivity contribution in [3.63, 3.8) is 0 Å². The Morgan fingerprint density at radius 2 is 1.35 bits per heavy atom. The number of hydrogen-bond acceptors (Lipinski definition) is 2. The number of hydrogen-bond donors (Lipinski definition) is 0. The minimum absolute atomic E-state index is 0.0322. The molecular weight excluding hydrogens is 264 g/mol. The lowest BCUT2D eigenvalue weighted by atomic mass is 10.0. The van der Waals surface area contributed by atoms with Gasteiger partial charge in [0.25, 0.3) is 0 Å². The summed E-state index contributed by atoms with van der Waals surface area (Å²) in [6.45, 7) is 22.1. The molecule has 0 aliphatic heterocycles. The first-order valence-corrected chi connectivity index (χ1v) is 10.1. The normalized spacial score (nSPS) is 12.8. The maximum Gasteiger partial charge on any atom is 0.200 e. The highest BCUT2D eigenvalue weighted by Crippen LogP contribution is 2.42. The fourth-order valence-corrected chi connectivity index (χ4v) is 8.84. The van der Waals surface area contributed by atoms with E-state index < -0.39 is 8.32 Å². The molecule has 0 radical (unpaired) electrons. The van der Waals surface area contributed by atoms with Crippen molar-refractivity contribution in [3.05, 3.63) is 12.2 Å². The molecule has 0 aliphatic rings. The monoisotopic (exact) mass is 298 g/mol. The standard InChI is InChI=1S/C17H34O2Si/c1-12(2)17(18)16(9)10-11-19-20(13(3)4,14(5)6)15(7)8/h12-15H,9-11H2,1-8H3. The highest BCUT2D eigenvalue weighted by molar-refractivity contribution is 6.77. The van der Waals surface area contributed by atoms with E-state index in [1.54, 1.807) is 0 Å². The number of carbonyl (C=O) groups is 1. The maximum atomic E-state index is 11.9. The van der Waals surface area contributed by atoms with Crippen LogP contribution in [0.3, 0.4) is 0 Å². The van der Waals surface area contributed by atoms with Crippen LogP contribution in [0.1, 0.15) is 61.8 Å². The Balaban J connectivity index is 4.73. The van der Waals surface area contributed by atoms with E-state index >= 15 is 0 Å². The van der Waals surface area contributed by atoms with Gasteiger partial charge in [0, 0.05) is 12.5 Å². The van der Waals surface area contributed by atoms with Crippen molar-refractivity contribution in [1.82, 2.24) is 0 Å². The molecule has 3 heteroatoms. The molecule has 0 aliphatic carbocycles. The van der Waals surface area contributed by atoms with Gasteiger partial charge in [-0.1, -0.05) is 62.0 Å². The summed E-state index contributed by atoms with van der Waals surface area (Å²) in [4.78, 5) is 11.9. The van der Waals surface area contributed by atoms with Gasteiger partial charge in [-0.25, -0.2) is 0 Å². The molecule has 0 unspecified atom stereocenters. The van der Waals surface area contributed by atoms with Crippen molar-refractivity contribution >= 4 is 14.1 Å². The van der Waals surface area contributed by atoms with Gasteiger partial charge >= 0.3 is 0 Å². The first-order valence-electron chi connectivity index (χ1n) is 7.93. The number of carbonyl (C=O) groups excluding carboxylic acids is 1. The van der Waals surface area contributed by atoms with Crippen LogP contribution in [-0.4, -0.2) is 20.7 Å². The third kappa shape index (κ3) is 4.56. The Bertz CT molecular complexity index is 308. The smallest absolute Gasteiger partial charge is 0.200 e. The summed E-state index contributed by atoms with van der Waals surface area (Å²) in [6.07, 6.45) is 0.665. The largest absolute Gasteiger partial charge is 0.416 e. The van der Waals surface area contributed by atoms with Gasteiger partial charge in [0.05, 0.1) is 0 Å². The van der Waals surface area contributed by atoms with E-state index in [4.69, 9.17) is 4.43 Å². The molecule has 0 fully saturated rings. The Morgan fingerprint density at radius 3 is 1.65 bits per heavy atom. The van der Waals surface area contributed by atoms with Gasteiger partial charge < -0.3 is 4.43 Å². The van der Waals surface area contributed by atoms with Gasteiger partial charge in [0.2, 0.25) is 0 Å². The van der Waals surface area contributed by atoms with Crippen LogP contribution in [0.25, 0.3) is 0 Å². The SMILES string of the molecule is C=C(CCO[Si](C(C)C)(C(C)C)C(C)C)C(=O)C(C)C. The van der Waals surface area contributed by atoms with E-state index in [-0.39, 0.29) is 11.7 Å². The van der Waals surface area contributed by atoms with Gasteiger partial charge in [-0.05, 0) is 28.6 Å². The predicted molar refractivity (Wildman–Crippen MR) is 90.6 cm³/mol. The highest BCUT2D eigenvalue weighted by Gasteiger charge is 2.44. The highest BCUT2D eigenvalue weighted by atomic mass is 28.4. The summed E-state index contributed by atoms with van der Waals surface area (Å²) >= 11 is 0. The topological polar surface area (TPSA) is 26.3 Å². The maximum absolute atomic E-state index is 11.9. The number of ketones is 1. The van der Waals surface area contributed by atoms with Gasteiger partial charge in [-0.3, -0.25) is 4.79 Å². The second-order valence-electron chi connectivity index (χ2n) is 7.04. The molecule has 0 aromatic carbocycles. The summed E-state index contributed by atoms with van der Waals surface area (Å²) in [5, 5.41) is 0. The van der Waals surface area contributed by atoms with Crippen LogP contribution in [0.2, 0.25) is 16.6 Å². The van der Waals surface area contributed by atoms with Crippen molar-refractivity contribution in [2.24, 2.45) is 5.92 Å². The van der Waals surface area contributed by atoms with Crippen molar-refractivity contribution in [2.45, 2.75) is 78.4 Å². The van der Waals surface area contributed by atoms with Crippen LogP contribution in [0, 0.1) is 5.92 Å². The van der Waals surface area contributed by atoms with Crippen LogP contribution in [-0.2, 0) is 9.22 Å². The van der Waals surface area contributed by atoms with E-state index in [0.717, 1.165) is 0 Å². The van der Waals surface area contributed by atoms with E-state index in [9.17, 15) is 4.79 Å². The van der Waals surface area contributed by atoms with Gasteiger partial charge in [-0.15, -0.1) is 0 Å². The molecule has 20 heavy (non-hydrogen) atoms.